The number of halogens is 3. The molecule has 5 heterocycles. The summed E-state index contributed by atoms with van der Waals surface area (Å²) in [6.45, 7) is 3.68. The van der Waals surface area contributed by atoms with Crippen LogP contribution in [-0.4, -0.2) is 71.7 Å². The molecule has 3 saturated heterocycles. The summed E-state index contributed by atoms with van der Waals surface area (Å²) in [5.41, 5.74) is -1.74. The van der Waals surface area contributed by atoms with Crippen LogP contribution in [0.3, 0.4) is 0 Å². The summed E-state index contributed by atoms with van der Waals surface area (Å²) in [5, 5.41) is 33.3. The lowest BCUT2D eigenvalue weighted by Gasteiger charge is -2.52. The van der Waals surface area contributed by atoms with Crippen LogP contribution in [0, 0.1) is 5.92 Å². The van der Waals surface area contributed by atoms with Crippen molar-refractivity contribution >= 4 is 34.6 Å². The Morgan fingerprint density at radius 2 is 1.64 bits per heavy atom. The van der Waals surface area contributed by atoms with E-state index in [1.807, 2.05) is 22.9 Å². The molecule has 2 aromatic heterocycles. The van der Waals surface area contributed by atoms with E-state index in [9.17, 15) is 28.2 Å². The van der Waals surface area contributed by atoms with Gasteiger partial charge in [-0.05, 0) is 22.9 Å². The molecule has 0 saturated carbocycles. The van der Waals surface area contributed by atoms with Gasteiger partial charge in [0.2, 0.25) is 5.60 Å². The summed E-state index contributed by atoms with van der Waals surface area (Å²) in [6.07, 6.45) is -3.37. The molecular weight excluding hydrogens is 483 g/mol. The number of aliphatic hydroxyl groups excluding tert-OH is 1. The molecule has 1 atom stereocenters. The van der Waals surface area contributed by atoms with E-state index in [2.05, 4.69) is 0 Å². The average Bonchev–Trinajstić information content (AvgIpc) is 3.48. The van der Waals surface area contributed by atoms with Crippen LogP contribution in [0.1, 0.15) is 22.6 Å². The van der Waals surface area contributed by atoms with Crippen LogP contribution in [0.4, 0.5) is 13.2 Å². The molecule has 33 heavy (non-hydrogen) atoms. The van der Waals surface area contributed by atoms with Gasteiger partial charge in [0.1, 0.15) is 19.1 Å². The van der Waals surface area contributed by atoms with E-state index < -0.39 is 23.7 Å². The SMILES string of the molecule is O=C(O[C@H]1C[N+]2(CCO)CCC1CC2)C(O)(c1cccs1)c1cccs1.O=C([O-])C(F)(F)F. The van der Waals surface area contributed by atoms with Crippen LogP contribution in [0.25, 0.3) is 0 Å². The number of aliphatic hydroxyl groups is 2. The third-order valence-electron chi connectivity index (χ3n) is 6.16. The largest absolute Gasteiger partial charge is 0.542 e. The van der Waals surface area contributed by atoms with Crippen molar-refractivity contribution in [1.82, 2.24) is 0 Å². The van der Waals surface area contributed by atoms with Crippen molar-refractivity contribution in [2.75, 3.05) is 32.8 Å². The lowest BCUT2D eigenvalue weighted by atomic mass is 9.83. The number of thiophene rings is 2. The van der Waals surface area contributed by atoms with Crippen molar-refractivity contribution in [3.8, 4) is 0 Å². The minimum Gasteiger partial charge on any atom is -0.542 e. The number of carboxylic acid groups (broad SMARTS) is 1. The number of carbonyl (C=O) groups excluding carboxylic acids is 2. The monoisotopic (exact) mass is 507 g/mol. The first-order valence-electron chi connectivity index (χ1n) is 10.3. The number of carbonyl (C=O) groups is 2. The summed E-state index contributed by atoms with van der Waals surface area (Å²) in [4.78, 5) is 23.1. The molecule has 7 nitrogen and oxygen atoms in total. The Bertz CT molecular complexity index is 885. The number of hydrogen-bond donors (Lipinski definition) is 2. The maximum Gasteiger partial charge on any atom is 0.430 e. The molecule has 0 spiro atoms. The van der Waals surface area contributed by atoms with E-state index in [1.165, 1.54) is 22.7 Å². The van der Waals surface area contributed by atoms with Gasteiger partial charge in [-0.1, -0.05) is 12.1 Å². The summed E-state index contributed by atoms with van der Waals surface area (Å²) in [6, 6.07) is 7.23. The van der Waals surface area contributed by atoms with Crippen molar-refractivity contribution in [3.63, 3.8) is 0 Å². The third-order valence-corrected chi connectivity index (χ3v) is 8.11. The van der Waals surface area contributed by atoms with Crippen molar-refractivity contribution in [2.45, 2.75) is 30.7 Å². The Morgan fingerprint density at radius 3 is 2.03 bits per heavy atom. The van der Waals surface area contributed by atoms with Crippen LogP contribution in [0.15, 0.2) is 35.0 Å². The number of rotatable bonds is 6. The fourth-order valence-corrected chi connectivity index (χ4v) is 6.11. The quantitative estimate of drug-likeness (QED) is 0.453. The minimum absolute atomic E-state index is 0.152. The first-order chi connectivity index (χ1) is 15.5. The van der Waals surface area contributed by atoms with Crippen LogP contribution in [0.2, 0.25) is 0 Å². The molecule has 3 aliphatic rings. The number of hydrogen-bond acceptors (Lipinski definition) is 8. The second-order valence-electron chi connectivity index (χ2n) is 8.15. The number of piperidine rings is 3. The van der Waals surface area contributed by atoms with Crippen LogP contribution in [-0.2, 0) is 19.9 Å². The zero-order valence-electron chi connectivity index (χ0n) is 17.5. The predicted octanol–water partition coefficient (Wildman–Crippen LogP) is 1.49. The first-order valence-corrected chi connectivity index (χ1v) is 12.0. The van der Waals surface area contributed by atoms with E-state index in [0.717, 1.165) is 37.0 Å². The highest BCUT2D eigenvalue weighted by molar-refractivity contribution is 7.12. The van der Waals surface area contributed by atoms with Crippen molar-refractivity contribution < 1.29 is 47.3 Å². The van der Waals surface area contributed by atoms with Gasteiger partial charge in [0.25, 0.3) is 0 Å². The van der Waals surface area contributed by atoms with Gasteiger partial charge in [0, 0.05) is 18.8 Å². The minimum atomic E-state index is -5.19. The van der Waals surface area contributed by atoms with Gasteiger partial charge in [-0.15, -0.1) is 22.7 Å². The molecule has 0 aliphatic carbocycles. The van der Waals surface area contributed by atoms with Crippen LogP contribution < -0.4 is 5.11 Å². The Labute approximate surface area is 196 Å². The lowest BCUT2D eigenvalue weighted by Crippen LogP contribution is -2.65. The van der Waals surface area contributed by atoms with Gasteiger partial charge in [-0.2, -0.15) is 13.2 Å². The van der Waals surface area contributed by atoms with Crippen molar-refractivity contribution in [1.29, 1.82) is 0 Å². The second-order valence-corrected chi connectivity index (χ2v) is 10.0. The Hall–Kier alpha value is -1.99. The Kier molecular flexibility index (Phi) is 7.84. The smallest absolute Gasteiger partial charge is 0.430 e. The summed E-state index contributed by atoms with van der Waals surface area (Å²) >= 11 is 2.72. The number of carboxylic acids is 1. The van der Waals surface area contributed by atoms with E-state index in [1.54, 1.807) is 12.1 Å². The number of aliphatic carboxylic acids is 1. The third kappa shape index (κ3) is 5.57. The second kappa shape index (κ2) is 10.1. The molecule has 0 aromatic carbocycles. The van der Waals surface area contributed by atoms with Crippen molar-refractivity contribution in [2.24, 2.45) is 5.92 Å². The number of quaternary nitrogens is 1. The summed E-state index contributed by atoms with van der Waals surface area (Å²) < 4.78 is 38.3. The molecule has 0 unspecified atom stereocenters. The lowest BCUT2D eigenvalue weighted by molar-refractivity contribution is -0.946. The Morgan fingerprint density at radius 1 is 1.12 bits per heavy atom. The first kappa shape index (κ1) is 25.6. The van der Waals surface area contributed by atoms with Gasteiger partial charge in [-0.3, -0.25) is 0 Å². The van der Waals surface area contributed by atoms with E-state index in [4.69, 9.17) is 14.6 Å². The fourth-order valence-electron chi connectivity index (χ4n) is 4.40. The number of esters is 1. The van der Waals surface area contributed by atoms with Gasteiger partial charge >= 0.3 is 12.1 Å². The Balaban J connectivity index is 0.000000383. The molecule has 2 bridgehead atoms. The molecule has 0 radical (unpaired) electrons. The highest BCUT2D eigenvalue weighted by Crippen LogP contribution is 2.40. The van der Waals surface area contributed by atoms with Crippen LogP contribution in [0.5, 0.6) is 0 Å². The molecule has 3 aliphatic heterocycles. The molecule has 0 amide bonds. The summed E-state index contributed by atoms with van der Waals surface area (Å²) in [7, 11) is 0. The molecule has 5 rings (SSSR count). The molecule has 12 heteroatoms. The molecule has 2 aromatic rings. The zero-order chi connectivity index (χ0) is 24.3. The van der Waals surface area contributed by atoms with Crippen LogP contribution >= 0.6 is 22.7 Å². The van der Waals surface area contributed by atoms with Gasteiger partial charge in [-0.25, -0.2) is 4.79 Å². The highest BCUT2D eigenvalue weighted by atomic mass is 32.1. The fraction of sp³-hybridized carbons (Fsp3) is 0.524. The molecule has 182 valence electrons. The normalized spacial score (nSPS) is 24.6. The maximum absolute atomic E-state index is 13.2. The average molecular weight is 508 g/mol. The highest BCUT2D eigenvalue weighted by Gasteiger charge is 2.51. The number of ether oxygens (including phenoxy) is 1. The van der Waals surface area contributed by atoms with Gasteiger partial charge in [0.05, 0.1) is 29.5 Å². The number of fused-ring (bicyclic) bond motifs is 3. The van der Waals surface area contributed by atoms with E-state index >= 15 is 0 Å². The molecular formula is C21H24F3NO6S2. The zero-order valence-corrected chi connectivity index (χ0v) is 19.1. The van der Waals surface area contributed by atoms with Gasteiger partial charge in [0.15, 0.2) is 6.10 Å². The van der Waals surface area contributed by atoms with E-state index in [-0.39, 0.29) is 12.7 Å². The number of alkyl halides is 3. The topological polar surface area (TPSA) is 107 Å². The standard InChI is InChI=1S/C19H24NO4S2.C2HF3O2/c21-10-9-20-7-5-14(6-8-20)15(13-20)24-18(22)19(23,16-3-1-11-25-16)17-4-2-12-26-17;3-2(4,5)1(6)7/h1-4,11-12,14-15,21,23H,5-10,13H2;(H,6,7)/q+1;/p-1/t14?,15-,20?;/m0./s1. The molecule has 3 fully saturated rings. The number of nitrogens with zero attached hydrogens (tertiary/aromatic N) is 1. The predicted molar refractivity (Wildman–Crippen MR) is 112 cm³/mol. The van der Waals surface area contributed by atoms with Crippen molar-refractivity contribution in [3.05, 3.63) is 44.8 Å². The maximum atomic E-state index is 13.2. The van der Waals surface area contributed by atoms with E-state index in [0.29, 0.717) is 22.2 Å². The molecule has 2 N–H and O–H groups in total. The summed E-state index contributed by atoms with van der Waals surface area (Å²) in [5.74, 6) is -3.23. The van der Waals surface area contributed by atoms with Gasteiger partial charge < -0.3 is 29.3 Å².